The van der Waals surface area contributed by atoms with E-state index < -0.39 is 0 Å². The maximum Gasteiger partial charge on any atom is 0.193 e. The Morgan fingerprint density at radius 1 is 1.32 bits per heavy atom. The van der Waals surface area contributed by atoms with E-state index in [0.29, 0.717) is 19.1 Å². The summed E-state index contributed by atoms with van der Waals surface area (Å²) in [6.07, 6.45) is 2.44. The molecule has 0 aromatic heterocycles. The van der Waals surface area contributed by atoms with E-state index in [1.807, 2.05) is 24.3 Å². The lowest BCUT2D eigenvalue weighted by atomic mass is 10.2. The molecule has 0 fully saturated rings. The van der Waals surface area contributed by atoms with Crippen LogP contribution in [0.5, 0.6) is 0 Å². The van der Waals surface area contributed by atoms with Crippen molar-refractivity contribution in [3.63, 3.8) is 0 Å². The quantitative estimate of drug-likeness (QED) is 0.367. The van der Waals surface area contributed by atoms with E-state index in [2.05, 4.69) is 29.2 Å². The van der Waals surface area contributed by atoms with E-state index in [9.17, 15) is 0 Å². The van der Waals surface area contributed by atoms with Crippen molar-refractivity contribution >= 4 is 35.6 Å². The Morgan fingerprint density at radius 3 is 2.73 bits per heavy atom. The second-order valence-electron chi connectivity index (χ2n) is 5.14. The number of guanidine groups is 1. The first-order valence-corrected chi connectivity index (χ1v) is 7.49. The van der Waals surface area contributed by atoms with Gasteiger partial charge in [0.25, 0.3) is 0 Å². The van der Waals surface area contributed by atoms with Gasteiger partial charge in [0.15, 0.2) is 5.96 Å². The lowest BCUT2D eigenvalue weighted by Gasteiger charge is -2.15. The number of nitrogens with one attached hydrogen (secondary N) is 1. The molecule has 3 N–H and O–H groups in total. The lowest BCUT2D eigenvalue weighted by Crippen LogP contribution is -2.27. The average molecular weight is 420 g/mol. The van der Waals surface area contributed by atoms with Gasteiger partial charge in [0, 0.05) is 24.9 Å². The first kappa shape index (κ1) is 21.1. The highest BCUT2D eigenvalue weighted by Crippen LogP contribution is 2.15. The highest BCUT2D eigenvalue weighted by molar-refractivity contribution is 14.0. The summed E-state index contributed by atoms with van der Waals surface area (Å²) in [5, 5.41) is 3.14. The van der Waals surface area contributed by atoms with Gasteiger partial charge >= 0.3 is 0 Å². The van der Waals surface area contributed by atoms with Gasteiger partial charge in [-0.2, -0.15) is 0 Å². The van der Waals surface area contributed by atoms with E-state index in [1.165, 1.54) is 12.8 Å². The zero-order valence-electron chi connectivity index (χ0n) is 13.8. The van der Waals surface area contributed by atoms with Crippen molar-refractivity contribution in [1.29, 1.82) is 0 Å². The van der Waals surface area contributed by atoms with Crippen LogP contribution >= 0.6 is 24.0 Å². The molecule has 0 radical (unpaired) electrons. The largest absolute Gasteiger partial charge is 0.380 e. The summed E-state index contributed by atoms with van der Waals surface area (Å²) in [4.78, 5) is 6.65. The summed E-state index contributed by atoms with van der Waals surface area (Å²) in [7, 11) is 3.79. The monoisotopic (exact) mass is 420 g/mol. The fourth-order valence-corrected chi connectivity index (χ4v) is 1.98. The van der Waals surface area contributed by atoms with E-state index >= 15 is 0 Å². The highest BCUT2D eigenvalue weighted by Gasteiger charge is 2.02. The second-order valence-corrected chi connectivity index (χ2v) is 5.14. The van der Waals surface area contributed by atoms with Crippen molar-refractivity contribution in [2.24, 2.45) is 10.7 Å². The Kier molecular flexibility index (Phi) is 12.2. The van der Waals surface area contributed by atoms with Crippen LogP contribution in [-0.2, 0) is 11.3 Å². The van der Waals surface area contributed by atoms with Crippen molar-refractivity contribution in [2.45, 2.75) is 26.4 Å². The molecule has 0 saturated heterocycles. The molecule has 0 amide bonds. The molecular formula is C16H29IN4O. The number of hydrogen-bond donors (Lipinski definition) is 2. The lowest BCUT2D eigenvalue weighted by molar-refractivity contribution is 0.185. The number of unbranched alkanes of at least 4 members (excludes halogenated alkanes) is 1. The van der Waals surface area contributed by atoms with Gasteiger partial charge < -0.3 is 20.7 Å². The van der Waals surface area contributed by atoms with Crippen LogP contribution in [0.25, 0.3) is 0 Å². The van der Waals surface area contributed by atoms with Crippen LogP contribution in [-0.4, -0.2) is 44.7 Å². The third kappa shape index (κ3) is 8.55. The molecule has 0 heterocycles. The predicted molar refractivity (Wildman–Crippen MR) is 105 cm³/mol. The Morgan fingerprint density at radius 2 is 2.05 bits per heavy atom. The molecule has 6 heteroatoms. The van der Waals surface area contributed by atoms with E-state index in [1.54, 1.807) is 7.11 Å². The third-order valence-corrected chi connectivity index (χ3v) is 3.24. The fourth-order valence-electron chi connectivity index (χ4n) is 1.98. The standard InChI is InChI=1S/C16H28N4O.HI/c1-4-5-11-20(2)12-10-18-16(17)19-15-9-7-6-8-14(15)13-21-3;/h6-9H,4-5,10-13H2,1-3H3,(H3,17,18,19);1H. The van der Waals surface area contributed by atoms with Crippen molar-refractivity contribution in [3.8, 4) is 0 Å². The number of para-hydroxylation sites is 1. The summed E-state index contributed by atoms with van der Waals surface area (Å²) in [6, 6.07) is 7.94. The molecule has 0 saturated carbocycles. The maximum atomic E-state index is 5.94. The first-order valence-electron chi connectivity index (χ1n) is 7.49. The predicted octanol–water partition coefficient (Wildman–Crippen LogP) is 2.91. The molecule has 0 spiro atoms. The van der Waals surface area contributed by atoms with Gasteiger partial charge in [-0.25, -0.2) is 0 Å². The SMILES string of the molecule is CCCCN(C)CCN=C(N)Nc1ccccc1COC.I. The highest BCUT2D eigenvalue weighted by atomic mass is 127. The van der Waals surface area contributed by atoms with Gasteiger partial charge in [-0.3, -0.25) is 4.99 Å². The van der Waals surface area contributed by atoms with Crippen molar-refractivity contribution in [2.75, 3.05) is 39.1 Å². The molecule has 0 unspecified atom stereocenters. The summed E-state index contributed by atoms with van der Waals surface area (Å²) in [5.41, 5.74) is 7.95. The first-order chi connectivity index (χ1) is 10.2. The Bertz CT molecular complexity index is 440. The summed E-state index contributed by atoms with van der Waals surface area (Å²) >= 11 is 0. The molecular weight excluding hydrogens is 391 g/mol. The number of rotatable bonds is 9. The second kappa shape index (κ2) is 12.7. The molecule has 1 aromatic carbocycles. The Labute approximate surface area is 151 Å². The molecule has 1 aromatic rings. The van der Waals surface area contributed by atoms with Crippen LogP contribution in [0.15, 0.2) is 29.3 Å². The smallest absolute Gasteiger partial charge is 0.193 e. The fraction of sp³-hybridized carbons (Fsp3) is 0.562. The molecule has 22 heavy (non-hydrogen) atoms. The molecule has 0 aliphatic carbocycles. The van der Waals surface area contributed by atoms with Crippen molar-refractivity contribution in [1.82, 2.24) is 4.90 Å². The van der Waals surface area contributed by atoms with Gasteiger partial charge in [0.05, 0.1) is 13.2 Å². The molecule has 0 atom stereocenters. The number of likely N-dealkylation sites (N-methyl/N-ethyl adjacent to an activating group) is 1. The third-order valence-electron chi connectivity index (χ3n) is 3.24. The molecule has 126 valence electrons. The molecule has 0 aliphatic heterocycles. The normalized spacial score (nSPS) is 11.4. The molecule has 0 aliphatic rings. The zero-order chi connectivity index (χ0) is 15.5. The number of hydrogen-bond acceptors (Lipinski definition) is 3. The van der Waals surface area contributed by atoms with Gasteiger partial charge in [-0.15, -0.1) is 24.0 Å². The van der Waals surface area contributed by atoms with Gasteiger partial charge in [0.2, 0.25) is 0 Å². The minimum Gasteiger partial charge on any atom is -0.380 e. The van der Waals surface area contributed by atoms with Crippen molar-refractivity contribution < 1.29 is 4.74 Å². The summed E-state index contributed by atoms with van der Waals surface area (Å²) < 4.78 is 5.17. The van der Waals surface area contributed by atoms with Crippen LogP contribution in [0.4, 0.5) is 5.69 Å². The maximum absolute atomic E-state index is 5.94. The van der Waals surface area contributed by atoms with Crippen LogP contribution < -0.4 is 11.1 Å². The number of benzene rings is 1. The number of nitrogens with two attached hydrogens (primary N) is 1. The molecule has 0 bridgehead atoms. The van der Waals surface area contributed by atoms with E-state index in [4.69, 9.17) is 10.5 Å². The van der Waals surface area contributed by atoms with Gasteiger partial charge in [-0.05, 0) is 26.1 Å². The summed E-state index contributed by atoms with van der Waals surface area (Å²) in [6.45, 7) is 5.48. The van der Waals surface area contributed by atoms with Gasteiger partial charge in [0.1, 0.15) is 0 Å². The number of halogens is 1. The minimum absolute atomic E-state index is 0. The number of aliphatic imine (C=N–C) groups is 1. The zero-order valence-corrected chi connectivity index (χ0v) is 16.2. The number of methoxy groups -OCH3 is 1. The summed E-state index contributed by atoms with van der Waals surface area (Å²) in [5.74, 6) is 0.447. The Balaban J connectivity index is 0.00000441. The van der Waals surface area contributed by atoms with Gasteiger partial charge in [-0.1, -0.05) is 31.5 Å². The average Bonchev–Trinajstić information content (AvgIpc) is 2.47. The van der Waals surface area contributed by atoms with Crippen LogP contribution in [0.1, 0.15) is 25.3 Å². The van der Waals surface area contributed by atoms with Crippen LogP contribution in [0, 0.1) is 0 Å². The topological polar surface area (TPSA) is 62.9 Å². The van der Waals surface area contributed by atoms with Crippen molar-refractivity contribution in [3.05, 3.63) is 29.8 Å². The number of nitrogens with zero attached hydrogens (tertiary/aromatic N) is 2. The Hall–Kier alpha value is -0.860. The minimum atomic E-state index is 0. The van der Waals surface area contributed by atoms with Crippen LogP contribution in [0.3, 0.4) is 0 Å². The van der Waals surface area contributed by atoms with E-state index in [0.717, 1.165) is 24.3 Å². The van der Waals surface area contributed by atoms with E-state index in [-0.39, 0.29) is 24.0 Å². The molecule has 5 nitrogen and oxygen atoms in total. The number of ether oxygens (including phenoxy) is 1. The molecule has 1 rings (SSSR count). The number of anilines is 1. The van der Waals surface area contributed by atoms with Crippen LogP contribution in [0.2, 0.25) is 0 Å².